The molecule has 2 aromatic rings. The fourth-order valence-corrected chi connectivity index (χ4v) is 6.43. The highest BCUT2D eigenvalue weighted by atomic mass is 35.5. The van der Waals surface area contributed by atoms with Crippen LogP contribution in [0.3, 0.4) is 0 Å². The van der Waals surface area contributed by atoms with Gasteiger partial charge in [-0.2, -0.15) is 0 Å². The van der Waals surface area contributed by atoms with Gasteiger partial charge in [0.25, 0.3) is 0 Å². The summed E-state index contributed by atoms with van der Waals surface area (Å²) in [6.45, 7) is 16.8. The molecule has 0 unspecified atom stereocenters. The number of hydrogen-bond acceptors (Lipinski definition) is 4. The van der Waals surface area contributed by atoms with Crippen molar-refractivity contribution in [3.05, 3.63) is 94.1 Å². The number of hydrogen-bond donors (Lipinski definition) is 0. The topological polar surface area (TPSA) is 53.1 Å². The van der Waals surface area contributed by atoms with Crippen LogP contribution in [0, 0.1) is 5.41 Å². The van der Waals surface area contributed by atoms with Crippen molar-refractivity contribution in [2.45, 2.75) is 65.0 Å². The van der Waals surface area contributed by atoms with Crippen LogP contribution in [0.2, 0.25) is 10.0 Å². The summed E-state index contributed by atoms with van der Waals surface area (Å²) in [7, 11) is 0. The molecule has 0 aromatic heterocycles. The summed E-state index contributed by atoms with van der Waals surface area (Å²) in [6, 6.07) is 15.5. The van der Waals surface area contributed by atoms with Gasteiger partial charge in [-0.1, -0.05) is 66.5 Å². The van der Waals surface area contributed by atoms with Crippen molar-refractivity contribution in [3.63, 3.8) is 0 Å². The number of rotatable bonds is 7. The Balaban J connectivity index is 1.68. The number of piperidine rings is 1. The van der Waals surface area contributed by atoms with Crippen LogP contribution in [0.5, 0.6) is 0 Å². The molecule has 2 fully saturated rings. The fourth-order valence-electron chi connectivity index (χ4n) is 6.11. The van der Waals surface area contributed by atoms with Gasteiger partial charge in [-0.3, -0.25) is 9.69 Å². The third-order valence-corrected chi connectivity index (χ3v) is 8.69. The quantitative estimate of drug-likeness (QED) is 0.297. The second kappa shape index (κ2) is 13.2. The molecule has 8 heteroatoms. The van der Waals surface area contributed by atoms with E-state index in [-0.39, 0.29) is 24.0 Å². The van der Waals surface area contributed by atoms with Crippen molar-refractivity contribution in [1.82, 2.24) is 14.7 Å². The third kappa shape index (κ3) is 7.39. The van der Waals surface area contributed by atoms with Gasteiger partial charge >= 0.3 is 6.09 Å². The summed E-state index contributed by atoms with van der Waals surface area (Å²) < 4.78 is 5.58. The molecule has 42 heavy (non-hydrogen) atoms. The second-order valence-corrected chi connectivity index (χ2v) is 13.5. The minimum absolute atomic E-state index is 0.00788. The van der Waals surface area contributed by atoms with E-state index in [9.17, 15) is 9.59 Å². The number of carbonyl (C=O) groups is 2. The highest BCUT2D eigenvalue weighted by Gasteiger charge is 2.50. The molecular formula is C34H43Cl2N3O3. The summed E-state index contributed by atoms with van der Waals surface area (Å²) in [5, 5.41) is 1.32. The maximum atomic E-state index is 14.5. The van der Waals surface area contributed by atoms with Gasteiger partial charge in [0, 0.05) is 54.4 Å². The zero-order valence-corrected chi connectivity index (χ0v) is 26.9. The van der Waals surface area contributed by atoms with Gasteiger partial charge in [0.05, 0.1) is 11.5 Å². The zero-order valence-electron chi connectivity index (χ0n) is 25.4. The van der Waals surface area contributed by atoms with Gasteiger partial charge in [-0.15, -0.1) is 6.58 Å². The van der Waals surface area contributed by atoms with Gasteiger partial charge in [0.15, 0.2) is 0 Å². The van der Waals surface area contributed by atoms with Crippen molar-refractivity contribution < 1.29 is 14.3 Å². The number of amides is 2. The molecule has 2 aliphatic heterocycles. The minimum Gasteiger partial charge on any atom is -0.444 e. The molecule has 2 saturated heterocycles. The average molecular weight is 613 g/mol. The lowest BCUT2D eigenvalue weighted by Crippen LogP contribution is -2.54. The van der Waals surface area contributed by atoms with Gasteiger partial charge in [0.1, 0.15) is 5.60 Å². The molecule has 0 spiro atoms. The van der Waals surface area contributed by atoms with Gasteiger partial charge < -0.3 is 14.5 Å². The summed E-state index contributed by atoms with van der Waals surface area (Å²) in [6.07, 6.45) is 4.84. The molecule has 0 aliphatic carbocycles. The van der Waals surface area contributed by atoms with Gasteiger partial charge in [0.2, 0.25) is 5.91 Å². The highest BCUT2D eigenvalue weighted by molar-refractivity contribution is 6.30. The molecule has 226 valence electrons. The Morgan fingerprint density at radius 1 is 1.05 bits per heavy atom. The summed E-state index contributed by atoms with van der Waals surface area (Å²) in [5.41, 5.74) is 1.88. The number of ether oxygens (including phenoxy) is 1. The van der Waals surface area contributed by atoms with E-state index in [1.165, 1.54) is 0 Å². The lowest BCUT2D eigenvalue weighted by molar-refractivity contribution is -0.148. The molecular weight excluding hydrogens is 569 g/mol. The number of allylic oxidation sites excluding steroid dienone is 2. The molecule has 3 atom stereocenters. The van der Waals surface area contributed by atoms with Crippen LogP contribution in [0.4, 0.5) is 4.79 Å². The summed E-state index contributed by atoms with van der Waals surface area (Å²) >= 11 is 12.8. The van der Waals surface area contributed by atoms with E-state index in [0.29, 0.717) is 55.6 Å². The number of halogens is 2. The molecule has 2 aliphatic rings. The van der Waals surface area contributed by atoms with Crippen molar-refractivity contribution in [2.24, 2.45) is 5.41 Å². The van der Waals surface area contributed by atoms with E-state index in [0.717, 1.165) is 16.8 Å². The molecule has 2 aromatic carbocycles. The minimum atomic E-state index is -0.638. The van der Waals surface area contributed by atoms with Gasteiger partial charge in [-0.25, -0.2) is 4.79 Å². The molecule has 2 heterocycles. The number of carbonyl (C=O) groups excluding carboxylic acids is 2. The monoisotopic (exact) mass is 611 g/mol. The van der Waals surface area contributed by atoms with E-state index in [4.69, 9.17) is 27.9 Å². The highest BCUT2D eigenvalue weighted by Crippen LogP contribution is 2.52. The summed E-state index contributed by atoms with van der Waals surface area (Å²) in [4.78, 5) is 33.3. The molecule has 0 N–H and O–H groups in total. The molecule has 0 saturated carbocycles. The van der Waals surface area contributed by atoms with E-state index in [1.807, 2.05) is 88.1 Å². The maximum absolute atomic E-state index is 14.5. The standard InChI is InChI=1S/C34H43Cl2N3O3/c1-7-16-34(6)22-29(25-10-9-11-27(36)21-25)30(24-12-14-26(35)15-13-24)39(31(34)40)28(8-2)23-37-17-19-38(20-18-37)32(41)42-33(3,4)5/h7-15,21,29-30H,1,16-20,22-23H2,2-6H3/b28-8+/t29-,30-,34+/m1/s1. The van der Waals surface area contributed by atoms with Crippen molar-refractivity contribution in [3.8, 4) is 0 Å². The van der Waals surface area contributed by atoms with Crippen LogP contribution in [0.25, 0.3) is 0 Å². The lowest BCUT2D eigenvalue weighted by atomic mass is 9.67. The molecule has 6 nitrogen and oxygen atoms in total. The fraction of sp³-hybridized carbons (Fsp3) is 0.471. The predicted octanol–water partition coefficient (Wildman–Crippen LogP) is 8.09. The second-order valence-electron chi connectivity index (χ2n) is 12.6. The number of nitrogens with zero attached hydrogens (tertiary/aromatic N) is 3. The predicted molar refractivity (Wildman–Crippen MR) is 171 cm³/mol. The van der Waals surface area contributed by atoms with E-state index < -0.39 is 11.0 Å². The molecule has 2 amide bonds. The first kappa shape index (κ1) is 32.1. The van der Waals surface area contributed by atoms with Gasteiger partial charge in [-0.05, 0) is 75.9 Å². The van der Waals surface area contributed by atoms with E-state index >= 15 is 0 Å². The van der Waals surface area contributed by atoms with Crippen LogP contribution >= 0.6 is 23.2 Å². The van der Waals surface area contributed by atoms with Crippen LogP contribution < -0.4 is 0 Å². The van der Waals surface area contributed by atoms with Crippen molar-refractivity contribution >= 4 is 35.2 Å². The molecule has 0 radical (unpaired) electrons. The Morgan fingerprint density at radius 2 is 1.71 bits per heavy atom. The molecule has 0 bridgehead atoms. The summed E-state index contributed by atoms with van der Waals surface area (Å²) in [5.74, 6) is 0.0765. The Labute approximate surface area is 260 Å². The zero-order chi connectivity index (χ0) is 30.7. The van der Waals surface area contributed by atoms with Crippen LogP contribution in [-0.2, 0) is 9.53 Å². The smallest absolute Gasteiger partial charge is 0.410 e. The lowest BCUT2D eigenvalue weighted by Gasteiger charge is -2.50. The SMILES string of the molecule is C=CC[C@@]1(C)C[C@H](c2cccc(Cl)c2)[C@@H](c2ccc(Cl)cc2)N(/C(=C/C)CN2CCN(C(=O)OC(C)(C)C)CC2)C1=O. The normalized spacial score (nSPS) is 24.1. The maximum Gasteiger partial charge on any atom is 0.410 e. The Kier molecular flexibility index (Phi) is 10.1. The largest absolute Gasteiger partial charge is 0.444 e. The van der Waals surface area contributed by atoms with E-state index in [1.54, 1.807) is 4.90 Å². The number of benzene rings is 2. The number of piperazine rings is 1. The average Bonchev–Trinajstić information content (AvgIpc) is 2.93. The van der Waals surface area contributed by atoms with Crippen molar-refractivity contribution in [2.75, 3.05) is 32.7 Å². The first-order chi connectivity index (χ1) is 19.8. The molecule has 4 rings (SSSR count). The van der Waals surface area contributed by atoms with Crippen LogP contribution in [0.1, 0.15) is 70.5 Å². The first-order valence-corrected chi connectivity index (χ1v) is 15.4. The third-order valence-electron chi connectivity index (χ3n) is 8.20. The number of likely N-dealkylation sites (tertiary alicyclic amines) is 1. The first-order valence-electron chi connectivity index (χ1n) is 14.7. The van der Waals surface area contributed by atoms with E-state index in [2.05, 4.69) is 23.6 Å². The van der Waals surface area contributed by atoms with Crippen LogP contribution in [-0.4, -0.2) is 65.0 Å². The Hall–Kier alpha value is -2.80. The van der Waals surface area contributed by atoms with Crippen molar-refractivity contribution in [1.29, 1.82) is 0 Å². The van der Waals surface area contributed by atoms with Crippen LogP contribution in [0.15, 0.2) is 73.0 Å². The Bertz CT molecular complexity index is 1310. The Morgan fingerprint density at radius 3 is 2.29 bits per heavy atom.